The van der Waals surface area contributed by atoms with E-state index in [0.29, 0.717) is 6.04 Å². The average molecular weight is 226 g/mol. The summed E-state index contributed by atoms with van der Waals surface area (Å²) in [7, 11) is 0. The molecule has 1 aliphatic rings. The van der Waals surface area contributed by atoms with E-state index in [1.54, 1.807) is 0 Å². The fraction of sp³-hybridized carbons (Fsp3) is 0.923. The Labute approximate surface area is 99.6 Å². The molecule has 0 aromatic rings. The van der Waals surface area contributed by atoms with Crippen molar-refractivity contribution in [3.05, 3.63) is 0 Å². The van der Waals surface area contributed by atoms with Crippen LogP contribution < -0.4 is 5.32 Å². The summed E-state index contributed by atoms with van der Waals surface area (Å²) in [5.41, 5.74) is 0. The Morgan fingerprint density at radius 3 is 2.81 bits per heavy atom. The number of carbonyl (C=O) groups excluding carboxylic acids is 1. The molecule has 0 aliphatic carbocycles. The number of amides is 2. The quantitative estimate of drug-likeness (QED) is 0.718. The molecule has 1 saturated heterocycles. The van der Waals surface area contributed by atoms with E-state index in [2.05, 4.69) is 19.2 Å². The van der Waals surface area contributed by atoms with Gasteiger partial charge in [0.15, 0.2) is 0 Å². The number of hydrogen-bond donors (Lipinski definition) is 1. The fourth-order valence-corrected chi connectivity index (χ4v) is 2.25. The second-order valence-electron chi connectivity index (χ2n) is 4.83. The maximum Gasteiger partial charge on any atom is 0.317 e. The third-order valence-electron chi connectivity index (χ3n) is 3.37. The molecular formula is C13H26N2O. The van der Waals surface area contributed by atoms with Crippen molar-refractivity contribution in [2.24, 2.45) is 0 Å². The van der Waals surface area contributed by atoms with Gasteiger partial charge in [-0.15, -0.1) is 0 Å². The van der Waals surface area contributed by atoms with Gasteiger partial charge >= 0.3 is 6.03 Å². The summed E-state index contributed by atoms with van der Waals surface area (Å²) >= 11 is 0. The molecule has 1 atom stereocenters. The van der Waals surface area contributed by atoms with Crippen molar-refractivity contribution in [1.29, 1.82) is 0 Å². The SMILES string of the molecule is CCCCCCNC(=O)N1CCCCC1C. The van der Waals surface area contributed by atoms with Gasteiger partial charge in [0, 0.05) is 19.1 Å². The highest BCUT2D eigenvalue weighted by molar-refractivity contribution is 5.74. The van der Waals surface area contributed by atoms with Crippen LogP contribution in [0.3, 0.4) is 0 Å². The summed E-state index contributed by atoms with van der Waals surface area (Å²) < 4.78 is 0. The Bertz CT molecular complexity index is 206. The van der Waals surface area contributed by atoms with Crippen LogP contribution in [-0.4, -0.2) is 30.1 Å². The normalized spacial score (nSPS) is 20.9. The highest BCUT2D eigenvalue weighted by Gasteiger charge is 2.22. The highest BCUT2D eigenvalue weighted by Crippen LogP contribution is 2.16. The lowest BCUT2D eigenvalue weighted by Gasteiger charge is -2.33. The number of likely N-dealkylation sites (tertiary alicyclic amines) is 1. The number of urea groups is 1. The monoisotopic (exact) mass is 226 g/mol. The number of unbranched alkanes of at least 4 members (excludes halogenated alkanes) is 3. The summed E-state index contributed by atoms with van der Waals surface area (Å²) in [4.78, 5) is 13.8. The van der Waals surface area contributed by atoms with Gasteiger partial charge < -0.3 is 10.2 Å². The van der Waals surface area contributed by atoms with Gasteiger partial charge in [-0.25, -0.2) is 4.79 Å². The molecule has 0 bridgehead atoms. The molecule has 0 spiro atoms. The van der Waals surface area contributed by atoms with E-state index in [9.17, 15) is 4.79 Å². The van der Waals surface area contributed by atoms with Crippen molar-refractivity contribution in [2.75, 3.05) is 13.1 Å². The van der Waals surface area contributed by atoms with Gasteiger partial charge in [0.05, 0.1) is 0 Å². The van der Waals surface area contributed by atoms with Gasteiger partial charge in [0.2, 0.25) is 0 Å². The third kappa shape index (κ3) is 4.42. The van der Waals surface area contributed by atoms with E-state index in [1.807, 2.05) is 4.90 Å². The average Bonchev–Trinajstić information content (AvgIpc) is 2.29. The molecular weight excluding hydrogens is 200 g/mol. The number of hydrogen-bond acceptors (Lipinski definition) is 1. The molecule has 0 aromatic heterocycles. The Balaban J connectivity index is 2.13. The first-order chi connectivity index (χ1) is 7.75. The first-order valence-electron chi connectivity index (χ1n) is 6.80. The molecule has 1 unspecified atom stereocenters. The Morgan fingerprint density at radius 1 is 1.31 bits per heavy atom. The predicted octanol–water partition coefficient (Wildman–Crippen LogP) is 3.15. The first-order valence-corrected chi connectivity index (χ1v) is 6.80. The summed E-state index contributed by atoms with van der Waals surface area (Å²) in [5, 5.41) is 3.03. The minimum atomic E-state index is 0.142. The number of carbonyl (C=O) groups is 1. The number of rotatable bonds is 5. The second kappa shape index (κ2) is 7.53. The predicted molar refractivity (Wildman–Crippen MR) is 67.6 cm³/mol. The summed E-state index contributed by atoms with van der Waals surface area (Å²) in [5.74, 6) is 0. The minimum Gasteiger partial charge on any atom is -0.338 e. The van der Waals surface area contributed by atoms with Crippen molar-refractivity contribution in [3.63, 3.8) is 0 Å². The van der Waals surface area contributed by atoms with E-state index < -0.39 is 0 Å². The molecule has 1 fully saturated rings. The van der Waals surface area contributed by atoms with Crippen LogP contribution in [0.4, 0.5) is 4.79 Å². The number of piperidine rings is 1. The number of nitrogens with zero attached hydrogens (tertiary/aromatic N) is 1. The van der Waals surface area contributed by atoms with Crippen molar-refractivity contribution < 1.29 is 4.79 Å². The maximum atomic E-state index is 11.9. The molecule has 1 rings (SSSR count). The van der Waals surface area contributed by atoms with E-state index in [0.717, 1.165) is 32.4 Å². The van der Waals surface area contributed by atoms with Gasteiger partial charge in [-0.1, -0.05) is 26.2 Å². The largest absolute Gasteiger partial charge is 0.338 e. The molecule has 0 saturated carbocycles. The Morgan fingerprint density at radius 2 is 2.12 bits per heavy atom. The van der Waals surface area contributed by atoms with Crippen molar-refractivity contribution in [1.82, 2.24) is 10.2 Å². The molecule has 3 heteroatoms. The molecule has 0 aromatic carbocycles. The molecule has 2 amide bonds. The molecule has 3 nitrogen and oxygen atoms in total. The highest BCUT2D eigenvalue weighted by atomic mass is 16.2. The topological polar surface area (TPSA) is 32.3 Å². The van der Waals surface area contributed by atoms with Gasteiger partial charge in [0.1, 0.15) is 0 Å². The maximum absolute atomic E-state index is 11.9. The van der Waals surface area contributed by atoms with Crippen LogP contribution in [0.25, 0.3) is 0 Å². The van der Waals surface area contributed by atoms with Crippen molar-refractivity contribution >= 4 is 6.03 Å². The van der Waals surface area contributed by atoms with Crippen LogP contribution in [-0.2, 0) is 0 Å². The zero-order chi connectivity index (χ0) is 11.8. The third-order valence-corrected chi connectivity index (χ3v) is 3.37. The molecule has 0 radical (unpaired) electrons. The second-order valence-corrected chi connectivity index (χ2v) is 4.83. The fourth-order valence-electron chi connectivity index (χ4n) is 2.25. The van der Waals surface area contributed by atoms with Gasteiger partial charge in [-0.05, 0) is 32.6 Å². The van der Waals surface area contributed by atoms with Crippen LogP contribution >= 0.6 is 0 Å². The van der Waals surface area contributed by atoms with E-state index in [1.165, 1.54) is 25.7 Å². The van der Waals surface area contributed by atoms with Crippen LogP contribution in [0.1, 0.15) is 58.8 Å². The van der Waals surface area contributed by atoms with Gasteiger partial charge in [-0.3, -0.25) is 0 Å². The molecule has 16 heavy (non-hydrogen) atoms. The standard InChI is InChI=1S/C13H26N2O/c1-3-4-5-7-10-14-13(16)15-11-8-6-9-12(15)2/h12H,3-11H2,1-2H3,(H,14,16). The van der Waals surface area contributed by atoms with Crippen molar-refractivity contribution in [3.8, 4) is 0 Å². The van der Waals surface area contributed by atoms with E-state index in [-0.39, 0.29) is 6.03 Å². The molecule has 1 heterocycles. The molecule has 94 valence electrons. The van der Waals surface area contributed by atoms with Crippen LogP contribution in [0.15, 0.2) is 0 Å². The van der Waals surface area contributed by atoms with Crippen LogP contribution in [0, 0.1) is 0 Å². The smallest absolute Gasteiger partial charge is 0.317 e. The minimum absolute atomic E-state index is 0.142. The summed E-state index contributed by atoms with van der Waals surface area (Å²) in [6.45, 7) is 6.12. The van der Waals surface area contributed by atoms with Gasteiger partial charge in [-0.2, -0.15) is 0 Å². The van der Waals surface area contributed by atoms with Crippen molar-refractivity contribution in [2.45, 2.75) is 64.8 Å². The van der Waals surface area contributed by atoms with Gasteiger partial charge in [0.25, 0.3) is 0 Å². The zero-order valence-corrected chi connectivity index (χ0v) is 10.8. The van der Waals surface area contributed by atoms with E-state index >= 15 is 0 Å². The first kappa shape index (κ1) is 13.3. The molecule has 1 aliphatic heterocycles. The Kier molecular flexibility index (Phi) is 6.27. The lowest BCUT2D eigenvalue weighted by atomic mass is 10.0. The Hall–Kier alpha value is -0.730. The molecule has 1 N–H and O–H groups in total. The zero-order valence-electron chi connectivity index (χ0n) is 10.8. The number of nitrogens with one attached hydrogen (secondary N) is 1. The van der Waals surface area contributed by atoms with Crippen LogP contribution in [0.2, 0.25) is 0 Å². The lowest BCUT2D eigenvalue weighted by molar-refractivity contribution is 0.158. The lowest BCUT2D eigenvalue weighted by Crippen LogP contribution is -2.47. The summed E-state index contributed by atoms with van der Waals surface area (Å²) in [6.07, 6.45) is 8.44. The van der Waals surface area contributed by atoms with Crippen LogP contribution in [0.5, 0.6) is 0 Å². The van der Waals surface area contributed by atoms with E-state index in [4.69, 9.17) is 0 Å². The summed E-state index contributed by atoms with van der Waals surface area (Å²) in [6, 6.07) is 0.563.